The van der Waals surface area contributed by atoms with E-state index in [1.165, 1.54) is 12.1 Å². The second kappa shape index (κ2) is 16.4. The van der Waals surface area contributed by atoms with Crippen LogP contribution in [0.15, 0.2) is 29.3 Å². The number of carbonyl (C=O) groups excluding carboxylic acids is 1. The third-order valence-electron chi connectivity index (χ3n) is 7.12. The molecule has 3 unspecified atom stereocenters. The number of carbonyl (C=O) groups is 1. The third-order valence-corrected chi connectivity index (χ3v) is 7.48. The molecule has 35 heavy (non-hydrogen) atoms. The summed E-state index contributed by atoms with van der Waals surface area (Å²) < 4.78 is 13.5. The van der Waals surface area contributed by atoms with Gasteiger partial charge in [-0.15, -0.1) is 0 Å². The van der Waals surface area contributed by atoms with Crippen LogP contribution in [0.5, 0.6) is 0 Å². The van der Waals surface area contributed by atoms with Gasteiger partial charge in [-0.3, -0.25) is 9.69 Å². The predicted molar refractivity (Wildman–Crippen MR) is 135 cm³/mol. The van der Waals surface area contributed by atoms with Gasteiger partial charge in [0.1, 0.15) is 11.6 Å². The Hall–Kier alpha value is -0.481. The summed E-state index contributed by atoms with van der Waals surface area (Å²) in [5, 5.41) is 12.0. The van der Waals surface area contributed by atoms with Crippen LogP contribution in [0.2, 0.25) is 0 Å². The molecule has 0 radical (unpaired) electrons. The number of benzene rings is 1. The molecule has 2 aliphatic heterocycles. The number of fused-ring (bicyclic) bond motifs is 2. The van der Waals surface area contributed by atoms with Crippen molar-refractivity contribution in [2.45, 2.75) is 57.0 Å². The zero-order valence-electron chi connectivity index (χ0n) is 20.2. The molecule has 0 N–H and O–H groups in total. The van der Waals surface area contributed by atoms with E-state index in [1.54, 1.807) is 0 Å². The van der Waals surface area contributed by atoms with Crippen LogP contribution in [0.25, 0.3) is 0 Å². The Balaban J connectivity index is 0.00000306. The van der Waals surface area contributed by atoms with Crippen molar-refractivity contribution in [3.05, 3.63) is 35.6 Å². The number of ketones is 1. The van der Waals surface area contributed by atoms with Gasteiger partial charge in [0.05, 0.1) is 0 Å². The summed E-state index contributed by atoms with van der Waals surface area (Å²) in [6, 6.07) is 7.40. The van der Waals surface area contributed by atoms with Crippen molar-refractivity contribution in [1.82, 2.24) is 9.80 Å². The second-order valence-electron chi connectivity index (χ2n) is 9.09. The Morgan fingerprint density at radius 3 is 2.54 bits per heavy atom. The minimum atomic E-state index is -0.239. The maximum atomic E-state index is 13.5. The Morgan fingerprint density at radius 1 is 1.20 bits per heavy atom. The molecule has 2 heterocycles. The zero-order valence-corrected chi connectivity index (χ0v) is 23.7. The maximum absolute atomic E-state index is 13.5. The van der Waals surface area contributed by atoms with Gasteiger partial charge in [-0.25, -0.2) is 4.39 Å². The summed E-state index contributed by atoms with van der Waals surface area (Å²) in [4.78, 5) is 21.7. The summed E-state index contributed by atoms with van der Waals surface area (Å²) in [5.74, 6) is 1.10. The van der Waals surface area contributed by atoms with Gasteiger partial charge in [0.25, 0.3) is 0 Å². The maximum Gasteiger partial charge on any atom is 5.00 e. The molecule has 1 aromatic carbocycles. The average molecular weight is 607 g/mol. The van der Waals surface area contributed by atoms with Crippen molar-refractivity contribution in [2.24, 2.45) is 10.9 Å². The summed E-state index contributed by atoms with van der Waals surface area (Å²) in [6.45, 7) is 5.02. The minimum absolute atomic E-state index is 0. The molecule has 6 nitrogen and oxygen atoms in total. The molecule has 0 spiro atoms. The number of nitrogens with zero attached hydrogens (tertiary/aromatic N) is 3. The third kappa shape index (κ3) is 8.80. The van der Waals surface area contributed by atoms with Gasteiger partial charge in [0, 0.05) is 37.5 Å². The molecular formula is C25H35FN3O3S2Tc. The van der Waals surface area contributed by atoms with Gasteiger partial charge >= 0.3 is 20.1 Å². The molecule has 2 aliphatic rings. The van der Waals surface area contributed by atoms with Crippen LogP contribution in [0.3, 0.4) is 0 Å². The van der Waals surface area contributed by atoms with Crippen LogP contribution in [-0.2, 0) is 55.6 Å². The average Bonchev–Trinajstić information content (AvgIpc) is 3.08. The standard InChI is InChI=1S/C25H38FN3O2S2.O.Tc/c1-2-23(30)25-21(18-4-6-19(26)7-5-18)16-20-8-9-22(25)29(20)12-3-11-28(13-15-33)17-24(31)27-10-14-32;;/h4-7,20-22,25,32-33H,2-3,8-17H2,1H3,(H,27,31);;/q;-2;+5/p-3/t20?,21?,22?,25-;;/m0../s1. The largest absolute Gasteiger partial charge is 5.00 e. The van der Waals surface area contributed by atoms with Crippen LogP contribution < -0.4 is 5.11 Å². The Bertz CT molecular complexity index is 803. The normalized spacial score (nSPS) is 24.2. The van der Waals surface area contributed by atoms with Crippen molar-refractivity contribution in [2.75, 3.05) is 44.2 Å². The quantitative estimate of drug-likeness (QED) is 0.194. The summed E-state index contributed by atoms with van der Waals surface area (Å²) in [6.07, 6.45) is 4.52. The van der Waals surface area contributed by atoms with Crippen LogP contribution in [0, 0.1) is 11.7 Å². The summed E-state index contributed by atoms with van der Waals surface area (Å²) in [7, 11) is 0. The number of rotatable bonds is 13. The number of Topliss-reactive ketones (excluding diaryl/α,β-unsaturated/α-hetero) is 1. The molecular weight excluding hydrogens is 571 g/mol. The fourth-order valence-electron chi connectivity index (χ4n) is 5.68. The monoisotopic (exact) mass is 605 g/mol. The number of halogens is 1. The molecule has 3 rings (SSSR count). The first-order valence-electron chi connectivity index (χ1n) is 12.1. The molecule has 10 heteroatoms. The van der Waals surface area contributed by atoms with E-state index < -0.39 is 0 Å². The fraction of sp³-hybridized carbons (Fsp3) is 0.680. The first kappa shape index (κ1) is 32.5. The van der Waals surface area contributed by atoms with E-state index in [-0.39, 0.29) is 55.2 Å². The molecule has 0 aromatic heterocycles. The van der Waals surface area contributed by atoms with E-state index in [1.807, 2.05) is 19.1 Å². The van der Waals surface area contributed by atoms with Gasteiger partial charge in [-0.1, -0.05) is 19.1 Å². The van der Waals surface area contributed by atoms with E-state index >= 15 is 0 Å². The van der Waals surface area contributed by atoms with Crippen molar-refractivity contribution >= 4 is 36.9 Å². The molecule has 2 bridgehead atoms. The second-order valence-corrected chi connectivity index (χ2v) is 9.91. The number of piperidine rings is 1. The van der Waals surface area contributed by atoms with Gasteiger partial charge in [-0.05, 0) is 74.8 Å². The van der Waals surface area contributed by atoms with Gasteiger partial charge in [0.2, 0.25) is 0 Å². The van der Waals surface area contributed by atoms with E-state index in [0.29, 0.717) is 49.4 Å². The van der Waals surface area contributed by atoms with E-state index in [9.17, 15) is 14.3 Å². The van der Waals surface area contributed by atoms with Crippen LogP contribution >= 0.6 is 0 Å². The van der Waals surface area contributed by atoms with Crippen LogP contribution in [0.4, 0.5) is 4.39 Å². The molecule has 4 atom stereocenters. The molecule has 2 fully saturated rings. The molecule has 1 aromatic rings. The Labute approximate surface area is 233 Å². The Kier molecular flexibility index (Phi) is 15.2. The number of hydrogen-bond acceptors (Lipinski definition) is 7. The zero-order chi connectivity index (χ0) is 23.8. The van der Waals surface area contributed by atoms with E-state index in [4.69, 9.17) is 25.3 Å². The molecule has 0 saturated carbocycles. The van der Waals surface area contributed by atoms with E-state index in [0.717, 1.165) is 44.3 Å². The van der Waals surface area contributed by atoms with Crippen molar-refractivity contribution in [3.8, 4) is 0 Å². The fourth-order valence-corrected chi connectivity index (χ4v) is 6.03. The molecule has 0 aliphatic carbocycles. The van der Waals surface area contributed by atoms with Gasteiger partial charge < -0.3 is 45.7 Å². The number of aliphatic imine (C=N–C) groups is 1. The van der Waals surface area contributed by atoms with Gasteiger partial charge in [0.15, 0.2) is 0 Å². The van der Waals surface area contributed by atoms with Gasteiger partial charge in [-0.2, -0.15) is 11.5 Å². The molecule has 194 valence electrons. The first-order chi connectivity index (χ1) is 16.0. The topological polar surface area (TPSA) is 87.5 Å². The molecule has 2 saturated heterocycles. The number of hydrogen-bond donors (Lipinski definition) is 0. The summed E-state index contributed by atoms with van der Waals surface area (Å²) in [5.41, 5.74) is 1.08. The van der Waals surface area contributed by atoms with Crippen molar-refractivity contribution < 1.29 is 39.9 Å². The predicted octanol–water partition coefficient (Wildman–Crippen LogP) is 2.16. The minimum Gasteiger partial charge on any atom is -2.00 e. The smallest absolute Gasteiger partial charge is 2.00 e. The first-order valence-corrected chi connectivity index (χ1v) is 13.3. The molecule has 0 amide bonds. The van der Waals surface area contributed by atoms with Crippen LogP contribution in [-0.4, -0.2) is 77.8 Å². The van der Waals surface area contributed by atoms with Crippen LogP contribution in [0.1, 0.15) is 50.5 Å². The van der Waals surface area contributed by atoms with Crippen molar-refractivity contribution in [3.63, 3.8) is 0 Å². The van der Waals surface area contributed by atoms with E-state index in [2.05, 4.69) is 14.8 Å². The van der Waals surface area contributed by atoms with Crippen molar-refractivity contribution in [1.29, 1.82) is 0 Å². The summed E-state index contributed by atoms with van der Waals surface area (Å²) >= 11 is 10.0. The Morgan fingerprint density at radius 2 is 1.91 bits per heavy atom. The SMILES string of the molecule is CCC(=O)[C@H]1C(c2ccc(F)cc2)CC2CCC1N2CCCN(CC[S-])CC([O-])=NCC[S-].[O-2].[Tc+5].